The van der Waals surface area contributed by atoms with Gasteiger partial charge >= 0.3 is 5.97 Å². The van der Waals surface area contributed by atoms with Gasteiger partial charge in [0.25, 0.3) is 0 Å². The second kappa shape index (κ2) is 4.64. The number of Topliss-reactive ketones (excluding diaryl/α,β-unsaturated/α-hetero) is 2. The van der Waals surface area contributed by atoms with Crippen molar-refractivity contribution in [3.05, 3.63) is 29.3 Å². The largest absolute Gasteiger partial charge is 0.507 e. The number of ether oxygens (including phenoxy) is 3. The summed E-state index contributed by atoms with van der Waals surface area (Å²) in [4.78, 5) is 37.5. The fraction of sp³-hybridized carbons (Fsp3) is 0.471. The third kappa shape index (κ3) is 1.61. The zero-order chi connectivity index (χ0) is 17.3. The number of hydrogen-bond donors (Lipinski definition) is 1. The number of carbonyl (C=O) groups excluding carboxylic acids is 3. The summed E-state index contributed by atoms with van der Waals surface area (Å²) in [6.45, 7) is 1.64. The summed E-state index contributed by atoms with van der Waals surface area (Å²) < 4.78 is 16.2. The highest BCUT2D eigenvalue weighted by Gasteiger charge is 2.85. The summed E-state index contributed by atoms with van der Waals surface area (Å²) in [5.74, 6) is -1.49. The van der Waals surface area contributed by atoms with Crippen LogP contribution < -0.4 is 0 Å². The smallest absolute Gasteiger partial charge is 0.308 e. The molecule has 1 aliphatic carbocycles. The van der Waals surface area contributed by atoms with E-state index >= 15 is 0 Å². The molecule has 2 saturated heterocycles. The van der Waals surface area contributed by atoms with Gasteiger partial charge in [0, 0.05) is 12.0 Å². The maximum atomic E-state index is 13.0. The lowest BCUT2D eigenvalue weighted by Gasteiger charge is -2.36. The molecule has 1 aromatic carbocycles. The van der Waals surface area contributed by atoms with Gasteiger partial charge in [0.2, 0.25) is 5.78 Å². The third-order valence-electron chi connectivity index (χ3n) is 5.22. The van der Waals surface area contributed by atoms with E-state index in [9.17, 15) is 19.5 Å². The average molecular weight is 332 g/mol. The Hall–Kier alpha value is -2.25. The quantitative estimate of drug-likeness (QED) is 0.637. The molecule has 0 saturated carbocycles. The van der Waals surface area contributed by atoms with Crippen LogP contribution >= 0.6 is 0 Å². The van der Waals surface area contributed by atoms with Crippen LogP contribution in [0, 0.1) is 0 Å². The van der Waals surface area contributed by atoms with Gasteiger partial charge in [0.05, 0.1) is 31.3 Å². The van der Waals surface area contributed by atoms with Crippen LogP contribution in [0.5, 0.6) is 5.75 Å². The number of ketones is 2. The summed E-state index contributed by atoms with van der Waals surface area (Å²) in [5.41, 5.74) is -2.60. The van der Waals surface area contributed by atoms with E-state index in [1.54, 1.807) is 6.92 Å². The van der Waals surface area contributed by atoms with E-state index in [0.29, 0.717) is 0 Å². The Morgan fingerprint density at radius 1 is 1.38 bits per heavy atom. The van der Waals surface area contributed by atoms with Gasteiger partial charge in [-0.25, -0.2) is 0 Å². The van der Waals surface area contributed by atoms with E-state index in [1.807, 2.05) is 0 Å². The van der Waals surface area contributed by atoms with Gasteiger partial charge in [-0.2, -0.15) is 0 Å². The molecular formula is C17H16O7. The van der Waals surface area contributed by atoms with E-state index in [1.165, 1.54) is 25.3 Å². The molecule has 0 amide bonds. The molecule has 4 atom stereocenters. The first-order valence-electron chi connectivity index (χ1n) is 7.71. The highest BCUT2D eigenvalue weighted by molar-refractivity contribution is 6.26. The van der Waals surface area contributed by atoms with Gasteiger partial charge in [-0.3, -0.25) is 14.4 Å². The number of phenols is 1. The number of phenolic OH excluding ortho intramolecular Hbond substituents is 1. The molecule has 3 aliphatic rings. The lowest BCUT2D eigenvalue weighted by Crippen LogP contribution is -2.57. The Morgan fingerprint density at radius 2 is 2.12 bits per heavy atom. The minimum absolute atomic E-state index is 0.0162. The van der Waals surface area contributed by atoms with Crippen molar-refractivity contribution in [3.63, 3.8) is 0 Å². The number of carbonyl (C=O) groups is 3. The number of esters is 1. The maximum absolute atomic E-state index is 13.0. The fourth-order valence-electron chi connectivity index (χ4n) is 4.09. The molecule has 4 rings (SSSR count). The van der Waals surface area contributed by atoms with E-state index < -0.39 is 35.2 Å². The monoisotopic (exact) mass is 332 g/mol. The molecular weight excluding hydrogens is 316 g/mol. The van der Waals surface area contributed by atoms with E-state index in [0.717, 1.165) is 0 Å². The zero-order valence-electron chi connectivity index (χ0n) is 13.2. The Bertz CT molecular complexity index is 785. The molecule has 0 aromatic heterocycles. The van der Waals surface area contributed by atoms with Crippen molar-refractivity contribution < 1.29 is 33.7 Å². The molecule has 2 heterocycles. The SMILES string of the molecule is COC(=O)C[C@@H]1C[C@]23O[C@]2(C(=O)c2c(O)cccc2C3=O)[C@H](C)O1. The molecule has 1 aromatic rings. The molecule has 1 N–H and O–H groups in total. The first-order chi connectivity index (χ1) is 11.4. The number of methoxy groups -OCH3 is 1. The van der Waals surface area contributed by atoms with Gasteiger partial charge in [-0.15, -0.1) is 0 Å². The number of aromatic hydroxyl groups is 1. The van der Waals surface area contributed by atoms with Crippen molar-refractivity contribution in [2.45, 2.75) is 43.2 Å². The van der Waals surface area contributed by atoms with Crippen molar-refractivity contribution in [3.8, 4) is 5.75 Å². The molecule has 2 aliphatic heterocycles. The number of hydrogen-bond acceptors (Lipinski definition) is 7. The molecule has 0 radical (unpaired) electrons. The van der Waals surface area contributed by atoms with Crippen LogP contribution in [0.4, 0.5) is 0 Å². The molecule has 0 spiro atoms. The molecule has 2 fully saturated rings. The molecule has 7 nitrogen and oxygen atoms in total. The normalized spacial score (nSPS) is 36.4. The number of fused-ring (bicyclic) bond motifs is 1. The molecule has 126 valence electrons. The Kier molecular flexibility index (Phi) is 2.96. The second-order valence-electron chi connectivity index (χ2n) is 6.41. The predicted octanol–water partition coefficient (Wildman–Crippen LogP) is 1.02. The summed E-state index contributed by atoms with van der Waals surface area (Å²) in [6.07, 6.45) is -1.20. The lowest BCUT2D eigenvalue weighted by molar-refractivity contribution is -0.146. The summed E-state index contributed by atoms with van der Waals surface area (Å²) in [5, 5.41) is 10.0. The lowest BCUT2D eigenvalue weighted by atomic mass is 9.68. The highest BCUT2D eigenvalue weighted by atomic mass is 16.7. The predicted molar refractivity (Wildman–Crippen MR) is 78.9 cm³/mol. The van der Waals surface area contributed by atoms with Crippen LogP contribution in [-0.4, -0.2) is 53.2 Å². The summed E-state index contributed by atoms with van der Waals surface area (Å²) >= 11 is 0. The Labute approximate surface area is 137 Å². The fourth-order valence-corrected chi connectivity index (χ4v) is 4.09. The Morgan fingerprint density at radius 3 is 2.83 bits per heavy atom. The van der Waals surface area contributed by atoms with Crippen LogP contribution in [-0.2, 0) is 19.0 Å². The molecule has 7 heteroatoms. The second-order valence-corrected chi connectivity index (χ2v) is 6.41. The van der Waals surface area contributed by atoms with Gasteiger partial charge in [0.15, 0.2) is 17.0 Å². The maximum Gasteiger partial charge on any atom is 0.308 e. The zero-order valence-corrected chi connectivity index (χ0v) is 13.2. The minimum Gasteiger partial charge on any atom is -0.507 e. The van der Waals surface area contributed by atoms with Crippen LogP contribution in [0.25, 0.3) is 0 Å². The van der Waals surface area contributed by atoms with Gasteiger partial charge in [-0.05, 0) is 13.0 Å². The average Bonchev–Trinajstić information content (AvgIpc) is 3.25. The van der Waals surface area contributed by atoms with Gasteiger partial charge in [0.1, 0.15) is 5.75 Å². The summed E-state index contributed by atoms with van der Waals surface area (Å²) in [7, 11) is 1.28. The first kappa shape index (κ1) is 15.3. The van der Waals surface area contributed by atoms with E-state index in [-0.39, 0.29) is 35.5 Å². The minimum atomic E-state index is -1.41. The van der Waals surface area contributed by atoms with E-state index in [4.69, 9.17) is 9.47 Å². The topological polar surface area (TPSA) is 102 Å². The standard InChI is InChI=1S/C17H16O7/c1-8-17-15(21)13-10(4-3-5-11(13)18)14(20)16(17,24-17)7-9(23-8)6-12(19)22-2/h3-5,8-9,18H,6-7H2,1-2H3/t8-,9+,16+,17-/m0/s1. The van der Waals surface area contributed by atoms with Crippen molar-refractivity contribution >= 4 is 17.5 Å². The van der Waals surface area contributed by atoms with Gasteiger partial charge in [-0.1, -0.05) is 12.1 Å². The Balaban J connectivity index is 1.78. The van der Waals surface area contributed by atoms with Crippen LogP contribution in [0.15, 0.2) is 18.2 Å². The third-order valence-corrected chi connectivity index (χ3v) is 5.22. The van der Waals surface area contributed by atoms with Crippen molar-refractivity contribution in [2.24, 2.45) is 0 Å². The number of benzene rings is 1. The van der Waals surface area contributed by atoms with Gasteiger partial charge < -0.3 is 19.3 Å². The molecule has 0 bridgehead atoms. The number of rotatable bonds is 2. The van der Waals surface area contributed by atoms with Crippen LogP contribution in [0.2, 0.25) is 0 Å². The molecule has 24 heavy (non-hydrogen) atoms. The van der Waals surface area contributed by atoms with Crippen molar-refractivity contribution in [2.75, 3.05) is 7.11 Å². The number of epoxide rings is 1. The van der Waals surface area contributed by atoms with Crippen molar-refractivity contribution in [1.29, 1.82) is 0 Å². The van der Waals surface area contributed by atoms with Crippen molar-refractivity contribution in [1.82, 2.24) is 0 Å². The first-order valence-corrected chi connectivity index (χ1v) is 7.71. The summed E-state index contributed by atoms with van der Waals surface area (Å²) in [6, 6.07) is 4.38. The van der Waals surface area contributed by atoms with Crippen LogP contribution in [0.1, 0.15) is 40.5 Å². The molecule has 0 unspecified atom stereocenters. The highest BCUT2D eigenvalue weighted by Crippen LogP contribution is 2.63. The van der Waals surface area contributed by atoms with Crippen LogP contribution in [0.3, 0.4) is 0 Å². The van der Waals surface area contributed by atoms with E-state index in [2.05, 4.69) is 4.74 Å².